The first kappa shape index (κ1) is 20.0. The highest BCUT2D eigenvalue weighted by atomic mass is 16.6. The highest BCUT2D eigenvalue weighted by Crippen LogP contribution is 2.13. The molecule has 0 aliphatic carbocycles. The highest BCUT2D eigenvalue weighted by Gasteiger charge is 2.24. The summed E-state index contributed by atoms with van der Waals surface area (Å²) in [6.07, 6.45) is 2.81. The van der Waals surface area contributed by atoms with E-state index in [-0.39, 0.29) is 18.0 Å². The summed E-state index contributed by atoms with van der Waals surface area (Å²) < 4.78 is 5.01. The minimum absolute atomic E-state index is 0.0616. The fraction of sp³-hybridized carbons (Fsp3) is 0.611. The van der Waals surface area contributed by atoms with E-state index in [1.54, 1.807) is 30.2 Å². The van der Waals surface area contributed by atoms with Gasteiger partial charge in [-0.2, -0.15) is 0 Å². The van der Waals surface area contributed by atoms with Crippen molar-refractivity contribution in [3.63, 3.8) is 0 Å². The maximum Gasteiger partial charge on any atom is 0.409 e. The third-order valence-corrected chi connectivity index (χ3v) is 4.24. The molecule has 0 aromatic carbocycles. The molecule has 8 heteroatoms. The van der Waals surface area contributed by atoms with Crippen molar-refractivity contribution in [1.82, 2.24) is 20.1 Å². The monoisotopic (exact) mass is 363 g/mol. The summed E-state index contributed by atoms with van der Waals surface area (Å²) in [4.78, 5) is 32.2. The summed E-state index contributed by atoms with van der Waals surface area (Å²) in [6.45, 7) is 5.01. The number of ether oxygens (including phenoxy) is 1. The molecule has 1 fully saturated rings. The van der Waals surface area contributed by atoms with Crippen LogP contribution >= 0.6 is 0 Å². The topological polar surface area (TPSA) is 86.8 Å². The molecule has 1 aliphatic rings. The number of nitrogens with one attached hydrogen (secondary N) is 2. The molecular weight excluding hydrogens is 334 g/mol. The minimum Gasteiger partial charge on any atom is -0.450 e. The number of likely N-dealkylation sites (N-methyl/N-ethyl adjacent to an activating group) is 1. The summed E-state index contributed by atoms with van der Waals surface area (Å²) in [5, 5.41) is 6.26. The number of anilines is 1. The lowest BCUT2D eigenvalue weighted by atomic mass is 10.0. The molecular formula is C18H29N5O3. The molecule has 0 saturated carbocycles. The van der Waals surface area contributed by atoms with E-state index in [0.717, 1.165) is 25.9 Å². The van der Waals surface area contributed by atoms with Crippen LogP contribution in [0.15, 0.2) is 18.3 Å². The molecule has 2 rings (SSSR count). The van der Waals surface area contributed by atoms with Crippen LogP contribution in [0.25, 0.3) is 0 Å². The van der Waals surface area contributed by atoms with Gasteiger partial charge in [0.1, 0.15) is 5.82 Å². The van der Waals surface area contributed by atoms with E-state index in [0.29, 0.717) is 31.1 Å². The van der Waals surface area contributed by atoms with Gasteiger partial charge in [0.05, 0.1) is 6.61 Å². The first-order valence-corrected chi connectivity index (χ1v) is 9.06. The summed E-state index contributed by atoms with van der Waals surface area (Å²) in [7, 11) is 4.01. The maximum absolute atomic E-state index is 12.5. The number of hydrogen-bond acceptors (Lipinski definition) is 6. The third kappa shape index (κ3) is 6.18. The Kier molecular flexibility index (Phi) is 7.65. The van der Waals surface area contributed by atoms with Gasteiger partial charge in [0.2, 0.25) is 0 Å². The van der Waals surface area contributed by atoms with Crippen LogP contribution in [0.1, 0.15) is 30.1 Å². The Bertz CT molecular complexity index is 600. The van der Waals surface area contributed by atoms with Gasteiger partial charge in [-0.15, -0.1) is 0 Å². The average Bonchev–Trinajstić information content (AvgIpc) is 2.62. The molecule has 1 aromatic rings. The smallest absolute Gasteiger partial charge is 0.409 e. The molecule has 2 heterocycles. The molecule has 0 unspecified atom stereocenters. The van der Waals surface area contributed by atoms with Gasteiger partial charge < -0.3 is 25.2 Å². The lowest BCUT2D eigenvalue weighted by molar-refractivity contribution is 0.0860. The number of likely N-dealkylation sites (tertiary alicyclic amines) is 1. The number of carbonyl (C=O) groups is 2. The van der Waals surface area contributed by atoms with Gasteiger partial charge in [-0.3, -0.25) is 4.79 Å². The van der Waals surface area contributed by atoms with Crippen molar-refractivity contribution in [2.45, 2.75) is 25.8 Å². The van der Waals surface area contributed by atoms with Gasteiger partial charge in [-0.25, -0.2) is 9.78 Å². The zero-order valence-electron chi connectivity index (χ0n) is 15.8. The molecule has 2 amide bonds. The van der Waals surface area contributed by atoms with Gasteiger partial charge in [-0.05, 0) is 46.0 Å². The van der Waals surface area contributed by atoms with Gasteiger partial charge in [0.15, 0.2) is 0 Å². The second-order valence-electron chi connectivity index (χ2n) is 6.59. The number of rotatable bonds is 7. The Morgan fingerprint density at radius 1 is 1.35 bits per heavy atom. The van der Waals surface area contributed by atoms with Crippen LogP contribution in [0.5, 0.6) is 0 Å². The first-order valence-electron chi connectivity index (χ1n) is 9.06. The molecule has 144 valence electrons. The predicted octanol–water partition coefficient (Wildman–Crippen LogP) is 1.41. The standard InChI is InChI=1S/C18H29N5O3/c1-4-26-18(25)23-10-6-15(7-11-23)21-17(24)14-5-8-19-16(13-14)20-9-12-22(2)3/h5,8,13,15H,4,6-7,9-12H2,1-3H3,(H,19,20)(H,21,24). The molecule has 0 radical (unpaired) electrons. The number of aromatic nitrogens is 1. The van der Waals surface area contributed by atoms with Crippen molar-refractivity contribution in [2.75, 3.05) is 52.2 Å². The van der Waals surface area contributed by atoms with E-state index in [4.69, 9.17) is 4.74 Å². The van der Waals surface area contributed by atoms with Crippen LogP contribution in [-0.2, 0) is 4.74 Å². The molecule has 1 aliphatic heterocycles. The predicted molar refractivity (Wildman–Crippen MR) is 100 cm³/mol. The summed E-state index contributed by atoms with van der Waals surface area (Å²) in [5.74, 6) is 0.578. The summed E-state index contributed by atoms with van der Waals surface area (Å²) >= 11 is 0. The zero-order valence-corrected chi connectivity index (χ0v) is 15.8. The van der Waals surface area contributed by atoms with Crippen LogP contribution in [0.3, 0.4) is 0 Å². The van der Waals surface area contributed by atoms with E-state index < -0.39 is 0 Å². The van der Waals surface area contributed by atoms with Crippen LogP contribution < -0.4 is 10.6 Å². The lowest BCUT2D eigenvalue weighted by Crippen LogP contribution is -2.46. The number of hydrogen-bond donors (Lipinski definition) is 2. The second kappa shape index (κ2) is 9.96. The zero-order chi connectivity index (χ0) is 18.9. The van der Waals surface area contributed by atoms with E-state index in [9.17, 15) is 9.59 Å². The molecule has 2 N–H and O–H groups in total. The van der Waals surface area contributed by atoms with E-state index in [1.807, 2.05) is 14.1 Å². The Hall–Kier alpha value is -2.35. The van der Waals surface area contributed by atoms with Crippen molar-refractivity contribution in [3.8, 4) is 0 Å². The Morgan fingerprint density at radius 3 is 2.73 bits per heavy atom. The van der Waals surface area contributed by atoms with Crippen LogP contribution in [-0.4, -0.2) is 79.7 Å². The normalized spacial score (nSPS) is 15.0. The van der Waals surface area contributed by atoms with Crippen molar-refractivity contribution in [2.24, 2.45) is 0 Å². The van der Waals surface area contributed by atoms with Crippen molar-refractivity contribution < 1.29 is 14.3 Å². The fourth-order valence-electron chi connectivity index (χ4n) is 2.77. The van der Waals surface area contributed by atoms with Gasteiger partial charge in [-0.1, -0.05) is 0 Å². The Balaban J connectivity index is 1.82. The van der Waals surface area contributed by atoms with E-state index >= 15 is 0 Å². The molecule has 0 spiro atoms. The third-order valence-electron chi connectivity index (χ3n) is 4.24. The Labute approximate surface area is 154 Å². The highest BCUT2D eigenvalue weighted by molar-refractivity contribution is 5.95. The van der Waals surface area contributed by atoms with Crippen molar-refractivity contribution in [3.05, 3.63) is 23.9 Å². The molecule has 0 bridgehead atoms. The molecule has 0 atom stereocenters. The van der Waals surface area contributed by atoms with Crippen LogP contribution in [0.2, 0.25) is 0 Å². The van der Waals surface area contributed by atoms with Crippen LogP contribution in [0, 0.1) is 0 Å². The number of pyridine rings is 1. The molecule has 26 heavy (non-hydrogen) atoms. The number of carbonyl (C=O) groups excluding carboxylic acids is 2. The quantitative estimate of drug-likeness (QED) is 0.762. The van der Waals surface area contributed by atoms with Gasteiger partial charge in [0.25, 0.3) is 5.91 Å². The SMILES string of the molecule is CCOC(=O)N1CCC(NC(=O)c2ccnc(NCCN(C)C)c2)CC1. The fourth-order valence-corrected chi connectivity index (χ4v) is 2.77. The number of amides is 2. The van der Waals surface area contributed by atoms with Crippen molar-refractivity contribution >= 4 is 17.8 Å². The Morgan fingerprint density at radius 2 is 2.08 bits per heavy atom. The lowest BCUT2D eigenvalue weighted by Gasteiger charge is -2.31. The average molecular weight is 363 g/mol. The van der Waals surface area contributed by atoms with Gasteiger partial charge in [0, 0.05) is 44.0 Å². The van der Waals surface area contributed by atoms with Crippen molar-refractivity contribution in [1.29, 1.82) is 0 Å². The van der Waals surface area contributed by atoms with Gasteiger partial charge >= 0.3 is 6.09 Å². The van der Waals surface area contributed by atoms with E-state index in [2.05, 4.69) is 20.5 Å². The minimum atomic E-state index is -0.278. The largest absolute Gasteiger partial charge is 0.450 e. The first-order chi connectivity index (χ1) is 12.5. The maximum atomic E-state index is 12.5. The van der Waals surface area contributed by atoms with Crippen LogP contribution in [0.4, 0.5) is 10.6 Å². The second-order valence-corrected chi connectivity index (χ2v) is 6.59. The number of nitrogens with zero attached hydrogens (tertiary/aromatic N) is 3. The summed E-state index contributed by atoms with van der Waals surface area (Å²) in [5.41, 5.74) is 0.583. The molecule has 1 saturated heterocycles. The summed E-state index contributed by atoms with van der Waals surface area (Å²) in [6, 6.07) is 3.53. The molecule has 1 aromatic heterocycles. The molecule has 8 nitrogen and oxygen atoms in total. The number of piperidine rings is 1. The van der Waals surface area contributed by atoms with E-state index in [1.165, 1.54) is 0 Å².